The second-order valence-corrected chi connectivity index (χ2v) is 12.3. The Bertz CT molecular complexity index is 937. The third-order valence-electron chi connectivity index (χ3n) is 7.69. The standard InChI is InChI=1S/C43H70O5/c1-3-5-7-9-11-13-15-17-19-20-21-22-24-25-27-29-31-33-35-37-42(45)47-40-41(39-44)48-43(46)38-36-34-32-30-28-26-23-18-16-14-12-10-8-6-4-2/h5,7,11,13-14,16-17,19,21-22,25,27,31,33,41,44H,3-4,6,8-10,12,15,18,20,23-24,26,28-30,32,34-40H2,1-2H3/b7-5+,13-11+,16-14+,19-17+,22-21+,27-25+,33-31+/t41-/m0/s1. The molecule has 0 aliphatic heterocycles. The van der Waals surface area contributed by atoms with E-state index in [-0.39, 0.29) is 31.6 Å². The molecule has 0 aliphatic carbocycles. The van der Waals surface area contributed by atoms with Gasteiger partial charge in [-0.05, 0) is 77.0 Å². The van der Waals surface area contributed by atoms with Crippen molar-refractivity contribution in [1.29, 1.82) is 0 Å². The van der Waals surface area contributed by atoms with Crippen molar-refractivity contribution in [3.8, 4) is 0 Å². The average Bonchev–Trinajstić information content (AvgIpc) is 3.09. The molecule has 0 radical (unpaired) electrons. The van der Waals surface area contributed by atoms with Gasteiger partial charge in [-0.25, -0.2) is 0 Å². The number of ether oxygens (including phenoxy) is 2. The van der Waals surface area contributed by atoms with Crippen LogP contribution < -0.4 is 0 Å². The number of aliphatic hydroxyl groups is 1. The molecule has 0 heterocycles. The molecule has 0 saturated carbocycles. The van der Waals surface area contributed by atoms with Crippen LogP contribution in [-0.2, 0) is 19.1 Å². The maximum atomic E-state index is 12.1. The van der Waals surface area contributed by atoms with Gasteiger partial charge in [-0.15, -0.1) is 0 Å². The maximum absolute atomic E-state index is 12.1. The normalized spacial score (nSPS) is 13.1. The molecule has 1 atom stereocenters. The van der Waals surface area contributed by atoms with Crippen LogP contribution >= 0.6 is 0 Å². The minimum Gasteiger partial charge on any atom is -0.462 e. The summed E-state index contributed by atoms with van der Waals surface area (Å²) in [4.78, 5) is 24.2. The van der Waals surface area contributed by atoms with Crippen molar-refractivity contribution < 1.29 is 24.2 Å². The number of unbranched alkanes of at least 4 members (excludes halogenated alkanes) is 11. The van der Waals surface area contributed by atoms with Crippen molar-refractivity contribution in [1.82, 2.24) is 0 Å². The molecule has 0 aromatic heterocycles. The molecule has 0 aromatic rings. The summed E-state index contributed by atoms with van der Waals surface area (Å²) in [6.07, 6.45) is 52.2. The van der Waals surface area contributed by atoms with Gasteiger partial charge in [0.15, 0.2) is 6.10 Å². The molecule has 48 heavy (non-hydrogen) atoms. The fraction of sp³-hybridized carbons (Fsp3) is 0.628. The van der Waals surface area contributed by atoms with Gasteiger partial charge in [0.1, 0.15) is 6.61 Å². The van der Waals surface area contributed by atoms with Crippen LogP contribution in [0.5, 0.6) is 0 Å². The van der Waals surface area contributed by atoms with E-state index in [1.807, 2.05) is 12.2 Å². The Labute approximate surface area is 295 Å². The lowest BCUT2D eigenvalue weighted by Crippen LogP contribution is -2.28. The van der Waals surface area contributed by atoms with E-state index in [1.54, 1.807) is 0 Å². The third-order valence-corrected chi connectivity index (χ3v) is 7.69. The molecule has 272 valence electrons. The molecular formula is C43H70O5. The number of allylic oxidation sites excluding steroid dienone is 14. The van der Waals surface area contributed by atoms with Crippen molar-refractivity contribution in [2.45, 2.75) is 161 Å². The van der Waals surface area contributed by atoms with E-state index in [2.05, 4.69) is 86.8 Å². The van der Waals surface area contributed by atoms with E-state index in [4.69, 9.17) is 9.47 Å². The Kier molecular flexibility index (Phi) is 36.2. The summed E-state index contributed by atoms with van der Waals surface area (Å²) in [7, 11) is 0. The second kappa shape index (κ2) is 38.5. The average molecular weight is 667 g/mol. The number of rotatable bonds is 33. The van der Waals surface area contributed by atoms with Crippen molar-refractivity contribution >= 4 is 11.9 Å². The summed E-state index contributed by atoms with van der Waals surface area (Å²) >= 11 is 0. The Morgan fingerprint density at radius 2 is 0.938 bits per heavy atom. The first-order valence-electron chi connectivity index (χ1n) is 19.1. The zero-order valence-corrected chi connectivity index (χ0v) is 30.7. The van der Waals surface area contributed by atoms with Gasteiger partial charge in [-0.3, -0.25) is 9.59 Å². The Hall–Kier alpha value is -2.92. The Morgan fingerprint density at radius 3 is 1.44 bits per heavy atom. The molecule has 0 aromatic carbocycles. The number of carbonyl (C=O) groups is 2. The van der Waals surface area contributed by atoms with Crippen LogP contribution in [0, 0.1) is 0 Å². The predicted octanol–water partition coefficient (Wildman–Crippen LogP) is 11.9. The second-order valence-electron chi connectivity index (χ2n) is 12.3. The van der Waals surface area contributed by atoms with Crippen molar-refractivity contribution in [3.63, 3.8) is 0 Å². The molecule has 0 amide bonds. The molecule has 0 saturated heterocycles. The topological polar surface area (TPSA) is 72.8 Å². The largest absolute Gasteiger partial charge is 0.462 e. The SMILES string of the molecule is CC/C=C/C/C=C/C/C=C/C/C=C/C/C=C/C/C=C/CCC(=O)OC[C@H](CO)OC(=O)CCCCCCCCC/C=C/CCCCCC. The molecule has 0 rings (SSSR count). The summed E-state index contributed by atoms with van der Waals surface area (Å²) in [6, 6.07) is 0. The lowest BCUT2D eigenvalue weighted by molar-refractivity contribution is -0.161. The zero-order valence-electron chi connectivity index (χ0n) is 30.7. The lowest BCUT2D eigenvalue weighted by atomic mass is 10.1. The van der Waals surface area contributed by atoms with Crippen LogP contribution in [0.3, 0.4) is 0 Å². The molecule has 5 heteroatoms. The number of esters is 2. The molecule has 0 bridgehead atoms. The summed E-state index contributed by atoms with van der Waals surface area (Å²) < 4.78 is 10.5. The van der Waals surface area contributed by atoms with Crippen LogP contribution in [0.1, 0.15) is 155 Å². The van der Waals surface area contributed by atoms with Gasteiger partial charge in [0.25, 0.3) is 0 Å². The van der Waals surface area contributed by atoms with Gasteiger partial charge in [0.05, 0.1) is 6.61 Å². The highest BCUT2D eigenvalue weighted by Gasteiger charge is 2.15. The van der Waals surface area contributed by atoms with Crippen LogP contribution in [0.25, 0.3) is 0 Å². The lowest BCUT2D eigenvalue weighted by Gasteiger charge is -2.15. The number of carbonyl (C=O) groups excluding carboxylic acids is 2. The van der Waals surface area contributed by atoms with Crippen molar-refractivity contribution in [2.75, 3.05) is 13.2 Å². The van der Waals surface area contributed by atoms with E-state index in [0.29, 0.717) is 12.8 Å². The molecule has 1 N–H and O–H groups in total. The highest BCUT2D eigenvalue weighted by atomic mass is 16.6. The van der Waals surface area contributed by atoms with E-state index in [0.717, 1.165) is 57.8 Å². The molecule has 0 spiro atoms. The van der Waals surface area contributed by atoms with Gasteiger partial charge in [0.2, 0.25) is 0 Å². The van der Waals surface area contributed by atoms with Gasteiger partial charge in [-0.2, -0.15) is 0 Å². The van der Waals surface area contributed by atoms with Crippen LogP contribution in [0.15, 0.2) is 85.1 Å². The summed E-state index contributed by atoms with van der Waals surface area (Å²) in [5.74, 6) is -0.702. The smallest absolute Gasteiger partial charge is 0.306 e. The van der Waals surface area contributed by atoms with Gasteiger partial charge in [-0.1, -0.05) is 150 Å². The third kappa shape index (κ3) is 35.9. The fourth-order valence-corrected chi connectivity index (χ4v) is 4.81. The van der Waals surface area contributed by atoms with Crippen LogP contribution in [0.4, 0.5) is 0 Å². The first-order chi connectivity index (χ1) is 23.6. The highest BCUT2D eigenvalue weighted by molar-refractivity contribution is 5.70. The van der Waals surface area contributed by atoms with E-state index in [1.165, 1.54) is 64.2 Å². The zero-order chi connectivity index (χ0) is 35.0. The first kappa shape index (κ1) is 45.1. The van der Waals surface area contributed by atoms with Gasteiger partial charge < -0.3 is 14.6 Å². The van der Waals surface area contributed by atoms with Crippen molar-refractivity contribution in [3.05, 3.63) is 85.1 Å². The minimum absolute atomic E-state index is 0.112. The van der Waals surface area contributed by atoms with E-state index in [9.17, 15) is 14.7 Å². The summed E-state index contributed by atoms with van der Waals surface area (Å²) in [5.41, 5.74) is 0. The molecule has 0 unspecified atom stereocenters. The van der Waals surface area contributed by atoms with Crippen LogP contribution in [-0.4, -0.2) is 36.4 Å². The fourth-order valence-electron chi connectivity index (χ4n) is 4.81. The number of hydrogen-bond acceptors (Lipinski definition) is 5. The quantitative estimate of drug-likeness (QED) is 0.0429. The maximum Gasteiger partial charge on any atom is 0.306 e. The molecular weight excluding hydrogens is 596 g/mol. The first-order valence-corrected chi connectivity index (χ1v) is 19.1. The summed E-state index contributed by atoms with van der Waals surface area (Å²) in [5, 5.41) is 9.54. The van der Waals surface area contributed by atoms with Crippen LogP contribution in [0.2, 0.25) is 0 Å². The number of aliphatic hydroxyl groups excluding tert-OH is 1. The Balaban J connectivity index is 3.73. The number of hydrogen-bond donors (Lipinski definition) is 1. The highest BCUT2D eigenvalue weighted by Crippen LogP contribution is 2.12. The summed E-state index contributed by atoms with van der Waals surface area (Å²) in [6.45, 7) is 3.92. The minimum atomic E-state index is -0.808. The van der Waals surface area contributed by atoms with E-state index < -0.39 is 6.10 Å². The van der Waals surface area contributed by atoms with Crippen molar-refractivity contribution in [2.24, 2.45) is 0 Å². The predicted molar refractivity (Wildman–Crippen MR) is 205 cm³/mol. The van der Waals surface area contributed by atoms with Gasteiger partial charge >= 0.3 is 11.9 Å². The molecule has 0 aliphatic rings. The molecule has 5 nitrogen and oxygen atoms in total. The van der Waals surface area contributed by atoms with E-state index >= 15 is 0 Å². The molecule has 0 fully saturated rings. The Morgan fingerprint density at radius 1 is 0.500 bits per heavy atom. The monoisotopic (exact) mass is 667 g/mol. The van der Waals surface area contributed by atoms with Gasteiger partial charge in [0, 0.05) is 12.8 Å².